The molecule has 0 aromatic carbocycles. The first-order valence-electron chi connectivity index (χ1n) is 7.29. The van der Waals surface area contributed by atoms with Crippen LogP contribution in [0.3, 0.4) is 0 Å². The van der Waals surface area contributed by atoms with E-state index in [1.54, 1.807) is 0 Å². The molecule has 0 amide bonds. The Morgan fingerprint density at radius 1 is 1.40 bits per heavy atom. The number of rotatable bonds is 4. The van der Waals surface area contributed by atoms with Crippen LogP contribution in [0.1, 0.15) is 46.1 Å². The molecule has 0 aliphatic carbocycles. The Morgan fingerprint density at radius 2 is 2.15 bits per heavy atom. The van der Waals surface area contributed by atoms with Crippen LogP contribution in [0, 0.1) is 0 Å². The second kappa shape index (κ2) is 5.84. The largest absolute Gasteiger partial charge is 0.378 e. The van der Waals surface area contributed by atoms with E-state index in [4.69, 9.17) is 9.26 Å². The minimum atomic E-state index is 0.0505. The van der Waals surface area contributed by atoms with Gasteiger partial charge < -0.3 is 14.6 Å². The highest BCUT2D eigenvalue weighted by Crippen LogP contribution is 2.21. The van der Waals surface area contributed by atoms with Crippen LogP contribution in [-0.2, 0) is 17.8 Å². The summed E-state index contributed by atoms with van der Waals surface area (Å²) in [6.45, 7) is 14.8. The maximum Gasteiger partial charge on any atom is 0.151 e. The molecule has 0 saturated carbocycles. The molecule has 1 aliphatic rings. The quantitative estimate of drug-likeness (QED) is 0.916. The molecule has 0 bridgehead atoms. The van der Waals surface area contributed by atoms with Gasteiger partial charge in [0.1, 0.15) is 0 Å². The molecule has 1 saturated heterocycles. The lowest BCUT2D eigenvalue weighted by molar-refractivity contribution is -0.0582. The van der Waals surface area contributed by atoms with Gasteiger partial charge in [0.2, 0.25) is 0 Å². The fraction of sp³-hybridized carbons (Fsp3) is 0.800. The Labute approximate surface area is 121 Å². The van der Waals surface area contributed by atoms with Crippen molar-refractivity contribution in [2.24, 2.45) is 0 Å². The van der Waals surface area contributed by atoms with Gasteiger partial charge in [-0.3, -0.25) is 4.90 Å². The van der Waals surface area contributed by atoms with Gasteiger partial charge in [-0.1, -0.05) is 5.16 Å². The van der Waals surface area contributed by atoms with E-state index in [1.807, 2.05) is 6.07 Å². The molecule has 1 aromatic rings. The highest BCUT2D eigenvalue weighted by atomic mass is 16.5. The molecule has 2 heterocycles. The first kappa shape index (κ1) is 15.5. The smallest absolute Gasteiger partial charge is 0.151 e. The molecular formula is C15H27N3O2. The summed E-state index contributed by atoms with van der Waals surface area (Å²) in [5.41, 5.74) is 1.10. The lowest BCUT2D eigenvalue weighted by Gasteiger charge is -2.41. The average molecular weight is 281 g/mol. The summed E-state index contributed by atoms with van der Waals surface area (Å²) < 4.78 is 11.0. The molecule has 1 fully saturated rings. The monoisotopic (exact) mass is 281 g/mol. The topological polar surface area (TPSA) is 50.5 Å². The van der Waals surface area contributed by atoms with Gasteiger partial charge >= 0.3 is 0 Å². The van der Waals surface area contributed by atoms with E-state index in [-0.39, 0.29) is 11.1 Å². The van der Waals surface area contributed by atoms with Gasteiger partial charge in [0.15, 0.2) is 5.76 Å². The summed E-state index contributed by atoms with van der Waals surface area (Å²) in [7, 11) is 0. The number of hydrogen-bond donors (Lipinski definition) is 1. The fourth-order valence-electron chi connectivity index (χ4n) is 2.24. The van der Waals surface area contributed by atoms with E-state index in [1.165, 1.54) is 0 Å². The summed E-state index contributed by atoms with van der Waals surface area (Å²) in [5, 5.41) is 7.55. The Kier molecular flexibility index (Phi) is 4.52. The summed E-state index contributed by atoms with van der Waals surface area (Å²) in [4.78, 5) is 2.39. The van der Waals surface area contributed by atoms with Crippen molar-refractivity contribution < 1.29 is 9.26 Å². The zero-order valence-electron chi connectivity index (χ0n) is 13.3. The van der Waals surface area contributed by atoms with E-state index < -0.39 is 0 Å². The molecule has 1 N–H and O–H groups in total. The number of nitrogens with one attached hydrogen (secondary N) is 1. The van der Waals surface area contributed by atoms with Crippen LogP contribution in [0.15, 0.2) is 10.6 Å². The molecule has 0 radical (unpaired) electrons. The molecule has 2 rings (SSSR count). The van der Waals surface area contributed by atoms with Gasteiger partial charge in [-0.05, 0) is 34.6 Å². The zero-order valence-corrected chi connectivity index (χ0v) is 13.3. The first-order valence-corrected chi connectivity index (χ1v) is 7.29. The standard InChI is InChI=1S/C15H27N3O2/c1-14(2,3)16-9-12-8-13(20-17-12)10-18-6-7-19-11-15(18,4)5/h8,16H,6-7,9-11H2,1-5H3. The van der Waals surface area contributed by atoms with Crippen LogP contribution in [0.5, 0.6) is 0 Å². The molecule has 0 unspecified atom stereocenters. The number of morpholine rings is 1. The van der Waals surface area contributed by atoms with Crippen molar-refractivity contribution in [2.75, 3.05) is 19.8 Å². The van der Waals surface area contributed by atoms with E-state index in [9.17, 15) is 0 Å². The van der Waals surface area contributed by atoms with E-state index >= 15 is 0 Å². The van der Waals surface area contributed by atoms with Gasteiger partial charge in [-0.25, -0.2) is 0 Å². The second-order valence-electron chi connectivity index (χ2n) is 7.17. The lowest BCUT2D eigenvalue weighted by Crippen LogP contribution is -2.52. The van der Waals surface area contributed by atoms with Crippen molar-refractivity contribution >= 4 is 0 Å². The molecule has 20 heavy (non-hydrogen) atoms. The van der Waals surface area contributed by atoms with Crippen LogP contribution in [0.4, 0.5) is 0 Å². The van der Waals surface area contributed by atoms with Crippen molar-refractivity contribution in [2.45, 2.75) is 58.8 Å². The maximum atomic E-state index is 5.54. The van der Waals surface area contributed by atoms with Crippen molar-refractivity contribution in [1.29, 1.82) is 0 Å². The Bertz CT molecular complexity index is 435. The molecular weight excluding hydrogens is 254 g/mol. The SMILES string of the molecule is CC(C)(C)NCc1cc(CN2CCOCC2(C)C)on1. The Balaban J connectivity index is 1.92. The van der Waals surface area contributed by atoms with Crippen molar-refractivity contribution in [3.8, 4) is 0 Å². The third kappa shape index (κ3) is 4.30. The number of hydrogen-bond acceptors (Lipinski definition) is 5. The van der Waals surface area contributed by atoms with E-state index in [0.717, 1.165) is 44.3 Å². The van der Waals surface area contributed by atoms with Crippen LogP contribution in [0.2, 0.25) is 0 Å². The van der Waals surface area contributed by atoms with E-state index in [0.29, 0.717) is 0 Å². The lowest BCUT2D eigenvalue weighted by atomic mass is 10.0. The highest BCUT2D eigenvalue weighted by Gasteiger charge is 2.31. The van der Waals surface area contributed by atoms with Crippen LogP contribution in [-0.4, -0.2) is 40.9 Å². The molecule has 1 aliphatic heterocycles. The fourth-order valence-corrected chi connectivity index (χ4v) is 2.24. The second-order valence-corrected chi connectivity index (χ2v) is 7.17. The Morgan fingerprint density at radius 3 is 2.80 bits per heavy atom. The Hall–Kier alpha value is -0.910. The van der Waals surface area contributed by atoms with Crippen molar-refractivity contribution in [3.05, 3.63) is 17.5 Å². The predicted octanol–water partition coefficient (Wildman–Crippen LogP) is 2.17. The average Bonchev–Trinajstić information content (AvgIpc) is 2.76. The van der Waals surface area contributed by atoms with Crippen molar-refractivity contribution in [3.63, 3.8) is 0 Å². The molecule has 0 atom stereocenters. The van der Waals surface area contributed by atoms with Gasteiger partial charge in [0, 0.05) is 30.2 Å². The van der Waals surface area contributed by atoms with E-state index in [2.05, 4.69) is 50.0 Å². The summed E-state index contributed by atoms with van der Waals surface area (Å²) >= 11 is 0. The van der Waals surface area contributed by atoms with Gasteiger partial charge in [-0.15, -0.1) is 0 Å². The summed E-state index contributed by atoms with van der Waals surface area (Å²) in [6.07, 6.45) is 0. The molecule has 114 valence electrons. The first-order chi connectivity index (χ1) is 9.26. The van der Waals surface area contributed by atoms with Gasteiger partial charge in [0.05, 0.1) is 25.5 Å². The van der Waals surface area contributed by atoms with Gasteiger partial charge in [0.25, 0.3) is 0 Å². The predicted molar refractivity (Wildman–Crippen MR) is 78.4 cm³/mol. The summed E-state index contributed by atoms with van der Waals surface area (Å²) in [5.74, 6) is 0.922. The van der Waals surface area contributed by atoms with Crippen LogP contribution < -0.4 is 5.32 Å². The number of nitrogens with zero attached hydrogens (tertiary/aromatic N) is 2. The minimum absolute atomic E-state index is 0.0505. The molecule has 0 spiro atoms. The summed E-state index contributed by atoms with van der Waals surface area (Å²) in [6, 6.07) is 2.05. The molecule has 5 heteroatoms. The number of aromatic nitrogens is 1. The normalized spacial score (nSPS) is 20.2. The number of ether oxygens (including phenoxy) is 1. The third-order valence-corrected chi connectivity index (χ3v) is 3.57. The molecule has 5 nitrogen and oxygen atoms in total. The van der Waals surface area contributed by atoms with Crippen LogP contribution in [0.25, 0.3) is 0 Å². The highest BCUT2D eigenvalue weighted by molar-refractivity contribution is 5.06. The maximum absolute atomic E-state index is 5.54. The minimum Gasteiger partial charge on any atom is -0.378 e. The zero-order chi connectivity index (χ0) is 14.8. The van der Waals surface area contributed by atoms with Gasteiger partial charge in [-0.2, -0.15) is 0 Å². The van der Waals surface area contributed by atoms with Crippen LogP contribution >= 0.6 is 0 Å². The molecule has 1 aromatic heterocycles. The van der Waals surface area contributed by atoms with Crippen molar-refractivity contribution in [1.82, 2.24) is 15.4 Å². The third-order valence-electron chi connectivity index (χ3n) is 3.57.